The Morgan fingerprint density at radius 3 is 2.62 bits per heavy atom. The molecule has 86 valence electrons. The maximum absolute atomic E-state index is 10.9. The Morgan fingerprint density at radius 1 is 1.50 bits per heavy atom. The van der Waals surface area contributed by atoms with Crippen LogP contribution >= 0.6 is 11.8 Å². The predicted molar refractivity (Wildman–Crippen MR) is 60.3 cm³/mol. The first-order valence-electron chi connectivity index (χ1n) is 4.51. The monoisotopic (exact) mass is 240 g/mol. The molecule has 0 spiro atoms. The summed E-state index contributed by atoms with van der Waals surface area (Å²) in [6, 6.07) is 3.12. The van der Waals surface area contributed by atoms with Crippen molar-refractivity contribution in [1.82, 2.24) is 4.98 Å². The van der Waals surface area contributed by atoms with Crippen LogP contribution in [0.25, 0.3) is 0 Å². The van der Waals surface area contributed by atoms with Gasteiger partial charge in [0.2, 0.25) is 0 Å². The van der Waals surface area contributed by atoms with Crippen molar-refractivity contribution in [3.8, 4) is 0 Å². The fourth-order valence-corrected chi connectivity index (χ4v) is 1.92. The van der Waals surface area contributed by atoms with E-state index in [2.05, 4.69) is 4.98 Å². The topological polar surface area (TPSA) is 93.3 Å². The highest BCUT2D eigenvalue weighted by Gasteiger charge is 2.28. The van der Waals surface area contributed by atoms with Gasteiger partial charge in [-0.15, -0.1) is 11.8 Å². The Labute approximate surface area is 97.1 Å². The van der Waals surface area contributed by atoms with E-state index < -0.39 is 16.6 Å². The number of pyridine rings is 1. The number of carboxylic acid groups (broad SMARTS) is 1. The number of rotatable bonds is 4. The molecule has 1 rings (SSSR count). The van der Waals surface area contributed by atoms with Gasteiger partial charge < -0.3 is 10.8 Å². The fraction of sp³-hybridized carbons (Fsp3) is 0.300. The van der Waals surface area contributed by atoms with E-state index in [-0.39, 0.29) is 5.69 Å². The molecule has 0 radical (unpaired) electrons. The van der Waals surface area contributed by atoms with Crippen molar-refractivity contribution in [3.05, 3.63) is 24.0 Å². The average molecular weight is 240 g/mol. The maximum Gasteiger partial charge on any atom is 0.319 e. The van der Waals surface area contributed by atoms with Gasteiger partial charge in [0.1, 0.15) is 10.4 Å². The predicted octanol–water partition coefficient (Wildman–Crippen LogP) is 1.14. The van der Waals surface area contributed by atoms with Crippen molar-refractivity contribution >= 4 is 23.6 Å². The van der Waals surface area contributed by atoms with E-state index >= 15 is 0 Å². The van der Waals surface area contributed by atoms with Crippen LogP contribution in [-0.4, -0.2) is 26.7 Å². The molecule has 0 bridgehead atoms. The number of carboxylic acids is 1. The van der Waals surface area contributed by atoms with E-state index in [1.807, 2.05) is 0 Å². The van der Waals surface area contributed by atoms with Crippen molar-refractivity contribution in [2.75, 3.05) is 0 Å². The number of amides is 1. The van der Waals surface area contributed by atoms with Gasteiger partial charge in [-0.05, 0) is 26.0 Å². The van der Waals surface area contributed by atoms with Crippen LogP contribution in [0.1, 0.15) is 24.3 Å². The van der Waals surface area contributed by atoms with Gasteiger partial charge in [0.15, 0.2) is 0 Å². The van der Waals surface area contributed by atoms with Crippen molar-refractivity contribution < 1.29 is 14.7 Å². The Balaban J connectivity index is 2.94. The van der Waals surface area contributed by atoms with Crippen LogP contribution in [0.2, 0.25) is 0 Å². The number of primary amides is 1. The van der Waals surface area contributed by atoms with Crippen molar-refractivity contribution in [1.29, 1.82) is 0 Å². The third-order valence-electron chi connectivity index (χ3n) is 1.87. The van der Waals surface area contributed by atoms with Gasteiger partial charge in [-0.1, -0.05) is 0 Å². The lowest BCUT2D eigenvalue weighted by atomic mass is 10.2. The molecule has 0 unspecified atom stereocenters. The number of carbonyl (C=O) groups is 2. The second-order valence-corrected chi connectivity index (χ2v) is 5.35. The number of nitrogens with zero attached hydrogens (tertiary/aromatic N) is 1. The van der Waals surface area contributed by atoms with Gasteiger partial charge in [-0.3, -0.25) is 14.6 Å². The molecule has 0 atom stereocenters. The Morgan fingerprint density at radius 2 is 2.12 bits per heavy atom. The summed E-state index contributed by atoms with van der Waals surface area (Å²) in [7, 11) is 0. The van der Waals surface area contributed by atoms with Gasteiger partial charge in [0.05, 0.1) is 0 Å². The zero-order valence-electron chi connectivity index (χ0n) is 8.93. The van der Waals surface area contributed by atoms with Crippen LogP contribution in [-0.2, 0) is 4.79 Å². The first-order valence-corrected chi connectivity index (χ1v) is 5.33. The number of hydrogen-bond donors (Lipinski definition) is 2. The number of hydrogen-bond acceptors (Lipinski definition) is 4. The highest BCUT2D eigenvalue weighted by Crippen LogP contribution is 2.32. The third-order valence-corrected chi connectivity index (χ3v) is 3.05. The molecule has 6 heteroatoms. The van der Waals surface area contributed by atoms with Gasteiger partial charge in [-0.2, -0.15) is 0 Å². The second-order valence-electron chi connectivity index (χ2n) is 3.66. The van der Waals surface area contributed by atoms with Crippen LogP contribution in [0, 0.1) is 0 Å². The van der Waals surface area contributed by atoms with Gasteiger partial charge in [-0.25, -0.2) is 0 Å². The minimum Gasteiger partial charge on any atom is -0.480 e. The Bertz CT molecular complexity index is 432. The summed E-state index contributed by atoms with van der Waals surface area (Å²) < 4.78 is -0.962. The average Bonchev–Trinajstić information content (AvgIpc) is 2.17. The summed E-state index contributed by atoms with van der Waals surface area (Å²) >= 11 is 1.14. The summed E-state index contributed by atoms with van der Waals surface area (Å²) in [5.74, 6) is -1.55. The number of thioether (sulfide) groups is 1. The molecular weight excluding hydrogens is 228 g/mol. The van der Waals surface area contributed by atoms with E-state index in [0.29, 0.717) is 4.90 Å². The van der Waals surface area contributed by atoms with Crippen molar-refractivity contribution in [3.63, 3.8) is 0 Å². The van der Waals surface area contributed by atoms with Crippen LogP contribution in [0.3, 0.4) is 0 Å². The molecule has 5 nitrogen and oxygen atoms in total. The second kappa shape index (κ2) is 4.52. The molecule has 0 fully saturated rings. The quantitative estimate of drug-likeness (QED) is 0.770. The van der Waals surface area contributed by atoms with Crippen LogP contribution in [0.15, 0.2) is 23.2 Å². The summed E-state index contributed by atoms with van der Waals surface area (Å²) in [5, 5.41) is 8.95. The van der Waals surface area contributed by atoms with E-state index in [4.69, 9.17) is 10.8 Å². The SMILES string of the molecule is CC(C)(Sc1ccnc(C(N)=O)c1)C(=O)O. The van der Waals surface area contributed by atoms with Gasteiger partial charge in [0.25, 0.3) is 5.91 Å². The third kappa shape index (κ3) is 2.96. The lowest BCUT2D eigenvalue weighted by Gasteiger charge is -2.18. The molecule has 0 aliphatic carbocycles. The molecule has 1 heterocycles. The molecule has 0 aromatic carbocycles. The molecule has 0 aliphatic heterocycles. The van der Waals surface area contributed by atoms with Crippen LogP contribution in [0.5, 0.6) is 0 Å². The lowest BCUT2D eigenvalue weighted by Crippen LogP contribution is -2.27. The van der Waals surface area contributed by atoms with E-state index in [1.54, 1.807) is 19.9 Å². The number of aromatic nitrogens is 1. The summed E-state index contributed by atoms with van der Waals surface area (Å²) in [6.45, 7) is 3.18. The molecule has 0 saturated heterocycles. The first kappa shape index (κ1) is 12.5. The maximum atomic E-state index is 10.9. The van der Waals surface area contributed by atoms with Gasteiger partial charge >= 0.3 is 5.97 Å². The Kier molecular flexibility index (Phi) is 3.54. The molecule has 0 aliphatic rings. The number of aliphatic carboxylic acids is 1. The molecule has 1 aromatic heterocycles. The fourth-order valence-electron chi connectivity index (χ4n) is 0.948. The highest BCUT2D eigenvalue weighted by molar-refractivity contribution is 8.01. The van der Waals surface area contributed by atoms with E-state index in [9.17, 15) is 9.59 Å². The smallest absolute Gasteiger partial charge is 0.319 e. The van der Waals surface area contributed by atoms with Crippen LogP contribution < -0.4 is 5.73 Å². The van der Waals surface area contributed by atoms with Crippen molar-refractivity contribution in [2.45, 2.75) is 23.5 Å². The highest BCUT2D eigenvalue weighted by atomic mass is 32.2. The first-order chi connectivity index (χ1) is 7.33. The van der Waals surface area contributed by atoms with Crippen molar-refractivity contribution in [2.24, 2.45) is 5.73 Å². The minimum absolute atomic E-state index is 0.131. The molecule has 1 amide bonds. The Hall–Kier alpha value is -1.56. The zero-order valence-corrected chi connectivity index (χ0v) is 9.75. The van der Waals surface area contributed by atoms with E-state index in [0.717, 1.165) is 11.8 Å². The molecule has 3 N–H and O–H groups in total. The van der Waals surface area contributed by atoms with Crippen LogP contribution in [0.4, 0.5) is 0 Å². The minimum atomic E-state index is -0.962. The standard InChI is InChI=1S/C10H12N2O3S/c1-10(2,9(14)15)16-6-3-4-12-7(5-6)8(11)13/h3-5H,1-2H3,(H2,11,13)(H,14,15). The molecular formula is C10H12N2O3S. The largest absolute Gasteiger partial charge is 0.480 e. The summed E-state index contributed by atoms with van der Waals surface area (Å²) in [4.78, 5) is 26.2. The van der Waals surface area contributed by atoms with Gasteiger partial charge in [0, 0.05) is 11.1 Å². The molecule has 16 heavy (non-hydrogen) atoms. The number of nitrogens with two attached hydrogens (primary N) is 1. The normalized spacial score (nSPS) is 11.1. The van der Waals surface area contributed by atoms with E-state index in [1.165, 1.54) is 12.3 Å². The molecule has 0 saturated carbocycles. The zero-order chi connectivity index (χ0) is 12.3. The molecule has 1 aromatic rings. The summed E-state index contributed by atoms with van der Waals surface area (Å²) in [5.41, 5.74) is 5.21. The lowest BCUT2D eigenvalue weighted by molar-refractivity contribution is -0.138. The number of carbonyl (C=O) groups excluding carboxylic acids is 1. The summed E-state index contributed by atoms with van der Waals surface area (Å²) in [6.07, 6.45) is 1.43.